The van der Waals surface area contributed by atoms with Gasteiger partial charge >= 0.3 is 0 Å². The Balaban J connectivity index is 1.42. The lowest BCUT2D eigenvalue weighted by Crippen LogP contribution is -2.37. The minimum Gasteiger partial charge on any atom is -0.483 e. The van der Waals surface area contributed by atoms with Gasteiger partial charge in [0.1, 0.15) is 11.6 Å². The first-order valence-corrected chi connectivity index (χ1v) is 10.6. The monoisotopic (exact) mass is 432 g/mol. The van der Waals surface area contributed by atoms with Crippen LogP contribution in [0.2, 0.25) is 0 Å². The summed E-state index contributed by atoms with van der Waals surface area (Å²) in [6.07, 6.45) is 0.622. The van der Waals surface area contributed by atoms with Crippen molar-refractivity contribution in [3.05, 3.63) is 94.3 Å². The fraction of sp³-hybridized carbons (Fsp3) is 0.231. The molecule has 3 aromatic carbocycles. The fourth-order valence-corrected chi connectivity index (χ4v) is 3.85. The standard InChI is InChI=1S/C26H25FN2O3/c1-17-5-3-7-23(18(17)2)28-25(30)16-32-24-8-4-6-22-21(24)13-14-29(26(22)31)15-19-9-11-20(27)12-10-19/h3-12H,13-16H2,1-2H3,(H,28,30). The van der Waals surface area contributed by atoms with E-state index in [2.05, 4.69) is 5.32 Å². The minimum absolute atomic E-state index is 0.0964. The molecule has 1 heterocycles. The summed E-state index contributed by atoms with van der Waals surface area (Å²) in [5, 5.41) is 2.88. The van der Waals surface area contributed by atoms with Crippen molar-refractivity contribution in [3.8, 4) is 5.75 Å². The van der Waals surface area contributed by atoms with E-state index >= 15 is 0 Å². The zero-order valence-electron chi connectivity index (χ0n) is 18.2. The molecule has 164 valence electrons. The van der Waals surface area contributed by atoms with Crippen LogP contribution in [0.25, 0.3) is 0 Å². The quantitative estimate of drug-likeness (QED) is 0.616. The van der Waals surface area contributed by atoms with E-state index in [9.17, 15) is 14.0 Å². The molecule has 0 unspecified atom stereocenters. The number of nitrogens with zero attached hydrogens (tertiary/aromatic N) is 1. The van der Waals surface area contributed by atoms with Crippen LogP contribution in [0.15, 0.2) is 60.7 Å². The van der Waals surface area contributed by atoms with Crippen LogP contribution in [0.3, 0.4) is 0 Å². The largest absolute Gasteiger partial charge is 0.483 e. The second-order valence-corrected chi connectivity index (χ2v) is 7.97. The number of benzene rings is 3. The van der Waals surface area contributed by atoms with Crippen LogP contribution in [0.4, 0.5) is 10.1 Å². The Hall–Kier alpha value is -3.67. The molecule has 0 atom stereocenters. The molecule has 0 spiro atoms. The van der Waals surface area contributed by atoms with Gasteiger partial charge in [-0.05, 0) is 67.3 Å². The normalized spacial score (nSPS) is 13.0. The van der Waals surface area contributed by atoms with Crippen LogP contribution in [-0.2, 0) is 17.8 Å². The van der Waals surface area contributed by atoms with Gasteiger partial charge in [0.25, 0.3) is 11.8 Å². The van der Waals surface area contributed by atoms with E-state index in [0.29, 0.717) is 30.8 Å². The summed E-state index contributed by atoms with van der Waals surface area (Å²) < 4.78 is 18.9. The predicted octanol–water partition coefficient (Wildman–Crippen LogP) is 4.66. The number of halogens is 1. The smallest absolute Gasteiger partial charge is 0.262 e. The first kappa shape index (κ1) is 21.6. The molecule has 2 amide bonds. The van der Waals surface area contributed by atoms with Gasteiger partial charge in [0.2, 0.25) is 0 Å². The van der Waals surface area contributed by atoms with Crippen LogP contribution in [0.1, 0.15) is 32.6 Å². The van der Waals surface area contributed by atoms with E-state index < -0.39 is 0 Å². The molecule has 0 saturated heterocycles. The van der Waals surface area contributed by atoms with Gasteiger partial charge in [0, 0.05) is 29.9 Å². The highest BCUT2D eigenvalue weighted by atomic mass is 19.1. The summed E-state index contributed by atoms with van der Waals surface area (Å²) in [6.45, 7) is 4.76. The summed E-state index contributed by atoms with van der Waals surface area (Å²) in [5.41, 5.74) is 5.14. The summed E-state index contributed by atoms with van der Waals surface area (Å²) in [7, 11) is 0. The maximum Gasteiger partial charge on any atom is 0.262 e. The first-order valence-electron chi connectivity index (χ1n) is 10.6. The molecule has 1 aliphatic rings. The molecule has 4 rings (SSSR count). The van der Waals surface area contributed by atoms with Crippen LogP contribution in [0.5, 0.6) is 5.75 Å². The van der Waals surface area contributed by atoms with Gasteiger partial charge in [-0.2, -0.15) is 0 Å². The molecule has 3 aromatic rings. The third-order valence-electron chi connectivity index (χ3n) is 5.81. The Morgan fingerprint density at radius 3 is 2.59 bits per heavy atom. The van der Waals surface area contributed by atoms with E-state index in [1.807, 2.05) is 32.0 Å². The third-order valence-corrected chi connectivity index (χ3v) is 5.81. The van der Waals surface area contributed by atoms with Crippen LogP contribution < -0.4 is 10.1 Å². The molecule has 5 nitrogen and oxygen atoms in total. The zero-order valence-corrected chi connectivity index (χ0v) is 18.2. The number of hydrogen-bond acceptors (Lipinski definition) is 3. The predicted molar refractivity (Wildman–Crippen MR) is 121 cm³/mol. The molecule has 0 saturated carbocycles. The molecule has 0 fully saturated rings. The second kappa shape index (κ2) is 9.22. The van der Waals surface area contributed by atoms with Crippen LogP contribution >= 0.6 is 0 Å². The molecular weight excluding hydrogens is 407 g/mol. The lowest BCUT2D eigenvalue weighted by molar-refractivity contribution is -0.118. The SMILES string of the molecule is Cc1cccc(NC(=O)COc2cccc3c2CCN(Cc2ccc(F)cc2)C3=O)c1C. The minimum atomic E-state index is -0.299. The number of aryl methyl sites for hydroxylation is 1. The van der Waals surface area contributed by atoms with Crippen molar-refractivity contribution >= 4 is 17.5 Å². The molecule has 0 aromatic heterocycles. The van der Waals surface area contributed by atoms with E-state index in [1.54, 1.807) is 35.2 Å². The van der Waals surface area contributed by atoms with Gasteiger partial charge in [0.05, 0.1) is 0 Å². The van der Waals surface area contributed by atoms with Crippen molar-refractivity contribution in [2.45, 2.75) is 26.8 Å². The van der Waals surface area contributed by atoms with Crippen molar-refractivity contribution in [1.82, 2.24) is 4.90 Å². The van der Waals surface area contributed by atoms with Crippen molar-refractivity contribution in [1.29, 1.82) is 0 Å². The molecule has 1 N–H and O–H groups in total. The number of nitrogens with one attached hydrogen (secondary N) is 1. The number of amides is 2. The number of fused-ring (bicyclic) bond motifs is 1. The lowest BCUT2D eigenvalue weighted by Gasteiger charge is -2.29. The average molecular weight is 432 g/mol. The Morgan fingerprint density at radius 2 is 1.81 bits per heavy atom. The molecular formula is C26H25FN2O3. The van der Waals surface area contributed by atoms with Crippen molar-refractivity contribution in [2.24, 2.45) is 0 Å². The maximum absolute atomic E-state index is 13.1. The Morgan fingerprint density at radius 1 is 1.06 bits per heavy atom. The van der Waals surface area contributed by atoms with Gasteiger partial charge in [-0.15, -0.1) is 0 Å². The lowest BCUT2D eigenvalue weighted by atomic mass is 9.97. The molecule has 0 aliphatic carbocycles. The van der Waals surface area contributed by atoms with E-state index in [0.717, 1.165) is 27.9 Å². The molecule has 1 aliphatic heterocycles. The zero-order chi connectivity index (χ0) is 22.7. The Labute approximate surface area is 186 Å². The molecule has 6 heteroatoms. The number of ether oxygens (including phenoxy) is 1. The van der Waals surface area contributed by atoms with Crippen molar-refractivity contribution < 1.29 is 18.7 Å². The highest BCUT2D eigenvalue weighted by Gasteiger charge is 2.27. The topological polar surface area (TPSA) is 58.6 Å². The molecule has 0 radical (unpaired) electrons. The maximum atomic E-state index is 13.1. The van der Waals surface area contributed by atoms with Gasteiger partial charge in [-0.25, -0.2) is 4.39 Å². The van der Waals surface area contributed by atoms with Crippen molar-refractivity contribution in [2.75, 3.05) is 18.5 Å². The van der Waals surface area contributed by atoms with Gasteiger partial charge in [-0.3, -0.25) is 9.59 Å². The second-order valence-electron chi connectivity index (χ2n) is 7.97. The average Bonchev–Trinajstić information content (AvgIpc) is 2.79. The van der Waals surface area contributed by atoms with Crippen molar-refractivity contribution in [3.63, 3.8) is 0 Å². The highest BCUT2D eigenvalue weighted by molar-refractivity contribution is 5.97. The highest BCUT2D eigenvalue weighted by Crippen LogP contribution is 2.29. The third kappa shape index (κ3) is 4.64. The van der Waals surface area contributed by atoms with Crippen LogP contribution in [-0.4, -0.2) is 29.9 Å². The number of carbonyl (C=O) groups is 2. The summed E-state index contributed by atoms with van der Waals surface area (Å²) in [5.74, 6) is -0.0990. The summed E-state index contributed by atoms with van der Waals surface area (Å²) >= 11 is 0. The number of anilines is 1. The Bertz CT molecular complexity index is 1160. The first-order chi connectivity index (χ1) is 15.4. The van der Waals surface area contributed by atoms with E-state index in [1.165, 1.54) is 12.1 Å². The fourth-order valence-electron chi connectivity index (χ4n) is 3.85. The molecule has 32 heavy (non-hydrogen) atoms. The van der Waals surface area contributed by atoms with Gasteiger partial charge in [-0.1, -0.05) is 30.3 Å². The summed E-state index contributed by atoms with van der Waals surface area (Å²) in [6, 6.07) is 17.2. The van der Waals surface area contributed by atoms with Gasteiger partial charge in [0.15, 0.2) is 6.61 Å². The number of hydrogen-bond donors (Lipinski definition) is 1. The number of rotatable bonds is 6. The van der Waals surface area contributed by atoms with E-state index in [4.69, 9.17) is 4.74 Å². The number of carbonyl (C=O) groups excluding carboxylic acids is 2. The van der Waals surface area contributed by atoms with Crippen LogP contribution in [0, 0.1) is 19.7 Å². The Kier molecular flexibility index (Phi) is 6.21. The van der Waals surface area contributed by atoms with E-state index in [-0.39, 0.29) is 24.2 Å². The molecule has 0 bridgehead atoms. The van der Waals surface area contributed by atoms with Gasteiger partial charge < -0.3 is 15.0 Å². The summed E-state index contributed by atoms with van der Waals surface area (Å²) in [4.78, 5) is 27.2.